The van der Waals surface area contributed by atoms with Crippen LogP contribution in [0.3, 0.4) is 0 Å². The summed E-state index contributed by atoms with van der Waals surface area (Å²) in [7, 11) is -3.88. The standard InChI is InChI=1S/C22H21ClFN3O3S2/c23-20-6-1-17(22(28)25-14-16-7-12-31-15-16)13-21(20)32(29,30)27-10-8-26(9-11-27)19-4-2-18(24)3-5-19/h1-7,12-13,15H,8-11,14H2,(H,25,28). The summed E-state index contributed by atoms with van der Waals surface area (Å²) in [6, 6.07) is 12.3. The summed E-state index contributed by atoms with van der Waals surface area (Å²) in [6.07, 6.45) is 0. The quantitative estimate of drug-likeness (QED) is 0.564. The molecule has 2 aromatic carbocycles. The normalized spacial score (nSPS) is 15.0. The molecule has 1 aromatic heterocycles. The number of carbonyl (C=O) groups is 1. The second-order valence-electron chi connectivity index (χ2n) is 7.33. The monoisotopic (exact) mass is 493 g/mol. The van der Waals surface area contributed by atoms with Crippen LogP contribution in [-0.2, 0) is 16.6 Å². The molecule has 10 heteroatoms. The number of anilines is 1. The fourth-order valence-electron chi connectivity index (χ4n) is 3.50. The van der Waals surface area contributed by atoms with Gasteiger partial charge >= 0.3 is 0 Å². The Bertz CT molecular complexity index is 1190. The molecule has 1 amide bonds. The molecule has 0 spiro atoms. The van der Waals surface area contributed by atoms with Crippen LogP contribution in [-0.4, -0.2) is 44.8 Å². The van der Waals surface area contributed by atoms with Gasteiger partial charge in [0.2, 0.25) is 10.0 Å². The molecule has 2 heterocycles. The SMILES string of the molecule is O=C(NCc1ccsc1)c1ccc(Cl)c(S(=O)(=O)N2CCN(c3ccc(F)cc3)CC2)c1. The van der Waals surface area contributed by atoms with Crippen molar-refractivity contribution in [1.29, 1.82) is 0 Å². The van der Waals surface area contributed by atoms with Crippen LogP contribution in [0.5, 0.6) is 0 Å². The van der Waals surface area contributed by atoms with Crippen molar-refractivity contribution >= 4 is 44.6 Å². The minimum atomic E-state index is -3.88. The van der Waals surface area contributed by atoms with Crippen LogP contribution in [0.2, 0.25) is 5.02 Å². The van der Waals surface area contributed by atoms with E-state index >= 15 is 0 Å². The number of benzene rings is 2. The molecular weight excluding hydrogens is 473 g/mol. The van der Waals surface area contributed by atoms with Gasteiger partial charge in [-0.3, -0.25) is 4.79 Å². The van der Waals surface area contributed by atoms with Crippen LogP contribution in [0.15, 0.2) is 64.2 Å². The van der Waals surface area contributed by atoms with Gasteiger partial charge in [-0.1, -0.05) is 11.6 Å². The summed E-state index contributed by atoms with van der Waals surface area (Å²) in [5.41, 5.74) is 2.04. The number of piperazine rings is 1. The third-order valence-corrected chi connectivity index (χ3v) is 8.39. The summed E-state index contributed by atoms with van der Waals surface area (Å²) in [5, 5.41) is 6.71. The lowest BCUT2D eigenvalue weighted by Crippen LogP contribution is -2.48. The molecule has 1 saturated heterocycles. The molecule has 0 radical (unpaired) electrons. The van der Waals surface area contributed by atoms with Crippen LogP contribution in [0.25, 0.3) is 0 Å². The number of sulfonamides is 1. The zero-order valence-corrected chi connectivity index (χ0v) is 19.4. The molecule has 1 N–H and O–H groups in total. The van der Waals surface area contributed by atoms with Crippen molar-refractivity contribution in [3.63, 3.8) is 0 Å². The number of rotatable bonds is 6. The molecule has 32 heavy (non-hydrogen) atoms. The average molecular weight is 494 g/mol. The molecule has 4 rings (SSSR count). The Kier molecular flexibility index (Phi) is 6.80. The highest BCUT2D eigenvalue weighted by atomic mass is 35.5. The maximum absolute atomic E-state index is 13.3. The first kappa shape index (κ1) is 22.7. The Labute approximate surface area is 195 Å². The Morgan fingerprint density at radius 1 is 1.06 bits per heavy atom. The maximum atomic E-state index is 13.3. The van der Waals surface area contributed by atoms with Crippen molar-refractivity contribution < 1.29 is 17.6 Å². The second kappa shape index (κ2) is 9.58. The molecule has 0 bridgehead atoms. The highest BCUT2D eigenvalue weighted by Crippen LogP contribution is 2.27. The van der Waals surface area contributed by atoms with E-state index in [-0.39, 0.29) is 40.3 Å². The minimum Gasteiger partial charge on any atom is -0.369 e. The highest BCUT2D eigenvalue weighted by Gasteiger charge is 2.31. The predicted octanol–water partition coefficient (Wildman–Crippen LogP) is 3.98. The number of carbonyl (C=O) groups excluding carboxylic acids is 1. The lowest BCUT2D eigenvalue weighted by Gasteiger charge is -2.35. The fraction of sp³-hybridized carbons (Fsp3) is 0.227. The Hall–Kier alpha value is -2.46. The van der Waals surface area contributed by atoms with Gasteiger partial charge in [-0.15, -0.1) is 0 Å². The fourth-order valence-corrected chi connectivity index (χ4v) is 6.09. The lowest BCUT2D eigenvalue weighted by molar-refractivity contribution is 0.0950. The first-order valence-corrected chi connectivity index (χ1v) is 12.7. The number of hydrogen-bond acceptors (Lipinski definition) is 5. The number of nitrogens with zero attached hydrogens (tertiary/aromatic N) is 2. The largest absolute Gasteiger partial charge is 0.369 e. The van der Waals surface area contributed by atoms with Gasteiger partial charge in [0.1, 0.15) is 10.7 Å². The van der Waals surface area contributed by atoms with E-state index in [1.54, 1.807) is 12.1 Å². The third kappa shape index (κ3) is 4.96. The minimum absolute atomic E-state index is 0.0698. The van der Waals surface area contributed by atoms with E-state index in [1.165, 1.54) is 46.0 Å². The van der Waals surface area contributed by atoms with Crippen molar-refractivity contribution in [2.75, 3.05) is 31.1 Å². The van der Waals surface area contributed by atoms with Crippen molar-refractivity contribution in [3.05, 3.63) is 81.3 Å². The van der Waals surface area contributed by atoms with Gasteiger partial charge in [-0.2, -0.15) is 15.6 Å². The molecule has 0 atom stereocenters. The summed E-state index contributed by atoms with van der Waals surface area (Å²) < 4.78 is 41.0. The Balaban J connectivity index is 1.46. The van der Waals surface area contributed by atoms with Crippen LogP contribution >= 0.6 is 22.9 Å². The smallest absolute Gasteiger partial charge is 0.251 e. The molecule has 1 aliphatic heterocycles. The first-order chi connectivity index (χ1) is 15.3. The van der Waals surface area contributed by atoms with Crippen molar-refractivity contribution in [1.82, 2.24) is 9.62 Å². The summed E-state index contributed by atoms with van der Waals surface area (Å²) >= 11 is 7.76. The molecule has 0 aliphatic carbocycles. The molecule has 3 aromatic rings. The molecule has 168 valence electrons. The number of halogens is 2. The van der Waals surface area contributed by atoms with E-state index < -0.39 is 10.0 Å². The summed E-state index contributed by atoms with van der Waals surface area (Å²) in [6.45, 7) is 1.79. The topological polar surface area (TPSA) is 69.7 Å². The lowest BCUT2D eigenvalue weighted by atomic mass is 10.2. The van der Waals surface area contributed by atoms with E-state index in [2.05, 4.69) is 5.32 Å². The Morgan fingerprint density at radius 3 is 2.44 bits per heavy atom. The zero-order valence-electron chi connectivity index (χ0n) is 17.0. The van der Waals surface area contributed by atoms with Gasteiger partial charge in [-0.05, 0) is 64.9 Å². The maximum Gasteiger partial charge on any atom is 0.251 e. The van der Waals surface area contributed by atoms with E-state index in [9.17, 15) is 17.6 Å². The zero-order chi connectivity index (χ0) is 22.7. The number of thiophene rings is 1. The molecule has 1 aliphatic rings. The van der Waals surface area contributed by atoms with Crippen LogP contribution < -0.4 is 10.2 Å². The number of amides is 1. The van der Waals surface area contributed by atoms with Gasteiger partial charge in [0, 0.05) is 44.0 Å². The van der Waals surface area contributed by atoms with E-state index in [0.29, 0.717) is 19.6 Å². The third-order valence-electron chi connectivity index (χ3n) is 5.27. The molecule has 0 saturated carbocycles. The van der Waals surface area contributed by atoms with Gasteiger partial charge in [0.05, 0.1) is 5.02 Å². The molecule has 6 nitrogen and oxygen atoms in total. The van der Waals surface area contributed by atoms with Gasteiger partial charge < -0.3 is 10.2 Å². The van der Waals surface area contributed by atoms with E-state index in [4.69, 9.17) is 11.6 Å². The number of hydrogen-bond donors (Lipinski definition) is 1. The highest BCUT2D eigenvalue weighted by molar-refractivity contribution is 7.89. The van der Waals surface area contributed by atoms with Gasteiger partial charge in [0.15, 0.2) is 0 Å². The van der Waals surface area contributed by atoms with Crippen LogP contribution in [0.4, 0.5) is 10.1 Å². The van der Waals surface area contributed by atoms with Crippen molar-refractivity contribution in [2.24, 2.45) is 0 Å². The van der Waals surface area contributed by atoms with Crippen LogP contribution in [0.1, 0.15) is 15.9 Å². The molecular formula is C22H21ClFN3O3S2. The van der Waals surface area contributed by atoms with Crippen molar-refractivity contribution in [3.8, 4) is 0 Å². The molecule has 1 fully saturated rings. The van der Waals surface area contributed by atoms with Gasteiger partial charge in [-0.25, -0.2) is 12.8 Å². The predicted molar refractivity (Wildman–Crippen MR) is 124 cm³/mol. The molecule has 0 unspecified atom stereocenters. The summed E-state index contributed by atoms with van der Waals surface area (Å²) in [4.78, 5) is 14.5. The van der Waals surface area contributed by atoms with Crippen molar-refractivity contribution in [2.45, 2.75) is 11.4 Å². The number of nitrogens with one attached hydrogen (secondary N) is 1. The van der Waals surface area contributed by atoms with Crippen LogP contribution in [0, 0.1) is 5.82 Å². The first-order valence-electron chi connectivity index (χ1n) is 9.94. The second-order valence-corrected chi connectivity index (χ2v) is 10.4. The van der Waals surface area contributed by atoms with Gasteiger partial charge in [0.25, 0.3) is 5.91 Å². The summed E-state index contributed by atoms with van der Waals surface area (Å²) in [5.74, 6) is -0.686. The van der Waals surface area contributed by atoms with E-state index in [0.717, 1.165) is 11.3 Å². The average Bonchev–Trinajstić information content (AvgIpc) is 3.32. The Morgan fingerprint density at radius 2 is 1.78 bits per heavy atom. The van der Waals surface area contributed by atoms with E-state index in [1.807, 2.05) is 21.7 Å².